The van der Waals surface area contributed by atoms with Gasteiger partial charge in [-0.1, -0.05) is 5.46 Å². The van der Waals surface area contributed by atoms with Gasteiger partial charge in [0.25, 0.3) is 0 Å². The van der Waals surface area contributed by atoms with Gasteiger partial charge in [0.15, 0.2) is 5.82 Å². The fourth-order valence-electron chi connectivity index (χ4n) is 0.932. The van der Waals surface area contributed by atoms with Crippen LogP contribution in [0.5, 0.6) is 0 Å². The molecule has 0 N–H and O–H groups in total. The predicted octanol–water partition coefficient (Wildman–Crippen LogP) is -0.173. The van der Waals surface area contributed by atoms with Crippen LogP contribution in [0.1, 0.15) is 11.1 Å². The normalized spacial score (nSPS) is 8.58. The maximum absolute atomic E-state index is 13.0. The number of halogens is 1. The summed E-state index contributed by atoms with van der Waals surface area (Å²) in [6.07, 6.45) is 0. The second-order valence-corrected chi connectivity index (χ2v) is 2.40. The molecular weight excluding hydrogens is 154 g/mol. The molecule has 12 heavy (non-hydrogen) atoms. The Bertz CT molecular complexity index is 365. The van der Waals surface area contributed by atoms with Gasteiger partial charge in [-0.15, -0.1) is 0 Å². The Morgan fingerprint density at radius 2 is 1.58 bits per heavy atom. The lowest BCUT2D eigenvalue weighted by atomic mass is 9.92. The molecule has 0 aliphatic carbocycles. The van der Waals surface area contributed by atoms with E-state index in [-0.39, 0.29) is 11.1 Å². The largest absolute Gasteiger partial charge is 0.204 e. The van der Waals surface area contributed by atoms with E-state index in [0.717, 1.165) is 0 Å². The highest BCUT2D eigenvalue weighted by Crippen LogP contribution is 2.08. The second-order valence-electron chi connectivity index (χ2n) is 2.40. The molecule has 1 rings (SSSR count). The molecular formula is C8H4BFN2. The number of nitriles is 2. The number of hydrogen-bond donors (Lipinski definition) is 0. The van der Waals surface area contributed by atoms with E-state index in [4.69, 9.17) is 10.5 Å². The monoisotopic (exact) mass is 158 g/mol. The minimum atomic E-state index is -0.731. The molecule has 0 atom stereocenters. The zero-order chi connectivity index (χ0) is 9.14. The van der Waals surface area contributed by atoms with E-state index in [1.54, 1.807) is 20.0 Å². The van der Waals surface area contributed by atoms with Gasteiger partial charge in [-0.05, 0) is 12.1 Å². The minimum Gasteiger partial charge on any atom is -0.204 e. The number of rotatable bonds is 0. The molecule has 4 heteroatoms. The van der Waals surface area contributed by atoms with Gasteiger partial charge in [-0.25, -0.2) is 4.39 Å². The van der Waals surface area contributed by atoms with Gasteiger partial charge in [0.05, 0.1) is 11.1 Å². The van der Waals surface area contributed by atoms with Crippen molar-refractivity contribution in [3.63, 3.8) is 0 Å². The Morgan fingerprint density at radius 1 is 1.17 bits per heavy atom. The summed E-state index contributed by atoms with van der Waals surface area (Å²) in [4.78, 5) is 0. The highest BCUT2D eigenvalue weighted by molar-refractivity contribution is 6.32. The fourth-order valence-corrected chi connectivity index (χ4v) is 0.932. The first-order valence-corrected chi connectivity index (χ1v) is 3.29. The lowest BCUT2D eigenvalue weighted by Gasteiger charge is -1.97. The van der Waals surface area contributed by atoms with Crippen LogP contribution in [0, 0.1) is 28.5 Å². The topological polar surface area (TPSA) is 47.6 Å². The summed E-state index contributed by atoms with van der Waals surface area (Å²) in [7, 11) is 1.71. The lowest BCUT2D eigenvalue weighted by Crippen LogP contribution is -2.06. The second kappa shape index (κ2) is 3.06. The third kappa shape index (κ3) is 1.28. The van der Waals surface area contributed by atoms with Crippen LogP contribution in [0.3, 0.4) is 0 Å². The van der Waals surface area contributed by atoms with Crippen LogP contribution >= 0.6 is 0 Å². The number of nitrogens with zero attached hydrogens (tertiary/aromatic N) is 2. The maximum atomic E-state index is 13.0. The third-order valence-electron chi connectivity index (χ3n) is 1.46. The Balaban J connectivity index is 3.48. The van der Waals surface area contributed by atoms with Crippen LogP contribution in [-0.2, 0) is 0 Å². The average Bonchev–Trinajstić information content (AvgIpc) is 2.08. The summed E-state index contributed by atoms with van der Waals surface area (Å²) in [5, 5.41) is 16.9. The minimum absolute atomic E-state index is 0.0773. The van der Waals surface area contributed by atoms with Crippen molar-refractivity contribution in [3.05, 3.63) is 29.1 Å². The van der Waals surface area contributed by atoms with Gasteiger partial charge in [-0.2, -0.15) is 10.5 Å². The highest BCUT2D eigenvalue weighted by Gasteiger charge is 2.07. The van der Waals surface area contributed by atoms with Crippen molar-refractivity contribution >= 4 is 13.3 Å². The Kier molecular flexibility index (Phi) is 2.12. The predicted molar refractivity (Wildman–Crippen MR) is 44.0 cm³/mol. The van der Waals surface area contributed by atoms with Gasteiger partial charge in [0.1, 0.15) is 20.0 Å². The molecule has 0 aliphatic heterocycles. The molecule has 0 bridgehead atoms. The van der Waals surface area contributed by atoms with Crippen molar-refractivity contribution in [2.75, 3.05) is 0 Å². The Labute approximate surface area is 70.3 Å². The van der Waals surface area contributed by atoms with Gasteiger partial charge in [0.2, 0.25) is 0 Å². The maximum Gasteiger partial charge on any atom is 0.158 e. The molecule has 0 aliphatic rings. The van der Waals surface area contributed by atoms with Crippen LogP contribution in [-0.4, -0.2) is 7.85 Å². The van der Waals surface area contributed by atoms with E-state index in [9.17, 15) is 4.39 Å². The molecule has 0 aromatic heterocycles. The summed E-state index contributed by atoms with van der Waals surface area (Å²) in [5.74, 6) is -0.731. The third-order valence-corrected chi connectivity index (χ3v) is 1.46. The molecule has 1 aromatic rings. The molecule has 0 spiro atoms. The highest BCUT2D eigenvalue weighted by atomic mass is 19.1. The van der Waals surface area contributed by atoms with Crippen LogP contribution in [0.15, 0.2) is 12.1 Å². The molecule has 56 valence electrons. The first kappa shape index (κ1) is 8.29. The number of benzene rings is 1. The summed E-state index contributed by atoms with van der Waals surface area (Å²) >= 11 is 0. The van der Waals surface area contributed by atoms with Gasteiger partial charge < -0.3 is 0 Å². The Morgan fingerprint density at radius 3 is 1.92 bits per heavy atom. The van der Waals surface area contributed by atoms with Gasteiger partial charge in [-0.3, -0.25) is 0 Å². The van der Waals surface area contributed by atoms with E-state index in [1.807, 2.05) is 0 Å². The molecule has 0 radical (unpaired) electrons. The molecule has 0 heterocycles. The first-order chi connectivity index (χ1) is 5.69. The van der Waals surface area contributed by atoms with E-state index < -0.39 is 5.82 Å². The van der Waals surface area contributed by atoms with Crippen LogP contribution in [0.2, 0.25) is 0 Å². The van der Waals surface area contributed by atoms with Crippen molar-refractivity contribution in [2.24, 2.45) is 0 Å². The summed E-state index contributed by atoms with van der Waals surface area (Å²) in [6.45, 7) is 0. The molecule has 0 fully saturated rings. The zero-order valence-corrected chi connectivity index (χ0v) is 6.43. The SMILES string of the molecule is Bc1cc(C#N)c(F)c(C#N)c1. The zero-order valence-electron chi connectivity index (χ0n) is 6.43. The van der Waals surface area contributed by atoms with Crippen molar-refractivity contribution in [1.82, 2.24) is 0 Å². The van der Waals surface area contributed by atoms with Crippen LogP contribution in [0.4, 0.5) is 4.39 Å². The fraction of sp³-hybridized carbons (Fsp3) is 0. The molecule has 1 aromatic carbocycles. The van der Waals surface area contributed by atoms with E-state index in [2.05, 4.69) is 0 Å². The van der Waals surface area contributed by atoms with E-state index >= 15 is 0 Å². The summed E-state index contributed by atoms with van der Waals surface area (Å²) in [6, 6.07) is 6.20. The van der Waals surface area contributed by atoms with Crippen molar-refractivity contribution in [2.45, 2.75) is 0 Å². The van der Waals surface area contributed by atoms with Gasteiger partial charge >= 0.3 is 0 Å². The van der Waals surface area contributed by atoms with E-state index in [1.165, 1.54) is 12.1 Å². The summed E-state index contributed by atoms with van der Waals surface area (Å²) < 4.78 is 13.0. The van der Waals surface area contributed by atoms with E-state index in [0.29, 0.717) is 5.46 Å². The van der Waals surface area contributed by atoms with Gasteiger partial charge in [0, 0.05) is 0 Å². The quantitative estimate of drug-likeness (QED) is 0.492. The van der Waals surface area contributed by atoms with Crippen LogP contribution in [0.25, 0.3) is 0 Å². The Hall–Kier alpha value is -1.81. The lowest BCUT2D eigenvalue weighted by molar-refractivity contribution is 0.620. The van der Waals surface area contributed by atoms with Crippen molar-refractivity contribution < 1.29 is 4.39 Å². The number of hydrogen-bond acceptors (Lipinski definition) is 2. The molecule has 0 saturated carbocycles. The molecule has 0 unspecified atom stereocenters. The molecule has 2 nitrogen and oxygen atoms in total. The molecule has 0 amide bonds. The standard InChI is InChI=1S/C8H4BFN2/c9-7-1-5(3-11)8(10)6(2-7)4-12/h1-2H,9H2. The smallest absolute Gasteiger partial charge is 0.158 e. The average molecular weight is 158 g/mol. The summed E-state index contributed by atoms with van der Waals surface area (Å²) in [5.41, 5.74) is 0.558. The van der Waals surface area contributed by atoms with Crippen molar-refractivity contribution in [3.8, 4) is 12.1 Å². The molecule has 0 saturated heterocycles. The van der Waals surface area contributed by atoms with Crippen LogP contribution < -0.4 is 5.46 Å². The first-order valence-electron chi connectivity index (χ1n) is 3.29. The van der Waals surface area contributed by atoms with Crippen molar-refractivity contribution in [1.29, 1.82) is 10.5 Å².